The minimum atomic E-state index is 0.622. The number of imidazole rings is 1. The second kappa shape index (κ2) is 4.03. The number of nitrogen functional groups attached to an aromatic ring is 1. The number of hydrogen-bond donors (Lipinski definition) is 1. The van der Waals surface area contributed by atoms with Crippen molar-refractivity contribution < 1.29 is 0 Å². The predicted octanol–water partition coefficient (Wildman–Crippen LogP) is 2.53. The van der Waals surface area contributed by atoms with Crippen molar-refractivity contribution in [3.8, 4) is 0 Å². The summed E-state index contributed by atoms with van der Waals surface area (Å²) in [6.45, 7) is 3.02. The van der Waals surface area contributed by atoms with Crippen molar-refractivity contribution in [3.05, 3.63) is 12.0 Å². The molecule has 3 heteroatoms. The molecule has 0 radical (unpaired) electrons. The van der Waals surface area contributed by atoms with Crippen molar-refractivity contribution in [3.63, 3.8) is 0 Å². The molecule has 1 aromatic heterocycles. The van der Waals surface area contributed by atoms with Crippen molar-refractivity contribution in [2.24, 2.45) is 0 Å². The van der Waals surface area contributed by atoms with Gasteiger partial charge in [0, 0.05) is 12.5 Å². The Kier molecular flexibility index (Phi) is 2.75. The van der Waals surface area contributed by atoms with E-state index < -0.39 is 0 Å². The molecule has 3 nitrogen and oxygen atoms in total. The summed E-state index contributed by atoms with van der Waals surface area (Å²) in [6, 6.07) is 0. The zero-order valence-corrected chi connectivity index (χ0v) is 8.87. The molecule has 0 bridgehead atoms. The summed E-state index contributed by atoms with van der Waals surface area (Å²) in [4.78, 5) is 4.45. The third-order valence-electron chi connectivity index (χ3n) is 3.24. The van der Waals surface area contributed by atoms with Gasteiger partial charge in [0.15, 0.2) is 0 Å². The maximum Gasteiger partial charge on any atom is 0.126 e. The number of nitrogens with zero attached hydrogens (tertiary/aromatic N) is 2. The largest absolute Gasteiger partial charge is 0.384 e. The van der Waals surface area contributed by atoms with E-state index in [1.807, 2.05) is 10.9 Å². The summed E-state index contributed by atoms with van der Waals surface area (Å²) < 4.78 is 2.03. The molecule has 2 N–H and O–H groups in total. The number of nitrogens with two attached hydrogens (primary N) is 1. The fraction of sp³-hybridized carbons (Fsp3) is 0.727. The van der Waals surface area contributed by atoms with Gasteiger partial charge in [-0.25, -0.2) is 4.98 Å². The highest BCUT2D eigenvalue weighted by molar-refractivity contribution is 5.38. The van der Waals surface area contributed by atoms with Gasteiger partial charge in [0.25, 0.3) is 0 Å². The van der Waals surface area contributed by atoms with Gasteiger partial charge < -0.3 is 10.3 Å². The normalized spacial score (nSPS) is 18.6. The molecule has 2 rings (SSSR count). The molecule has 0 amide bonds. The summed E-state index contributed by atoms with van der Waals surface area (Å²) in [5.41, 5.74) is 7.19. The molecule has 0 atom stereocenters. The highest BCUT2D eigenvalue weighted by Gasteiger charge is 2.20. The van der Waals surface area contributed by atoms with Crippen LogP contribution >= 0.6 is 0 Å². The van der Waals surface area contributed by atoms with Gasteiger partial charge in [-0.15, -0.1) is 0 Å². The number of rotatable bonds is 2. The Morgan fingerprint density at radius 2 is 2.14 bits per heavy atom. The molecule has 1 aromatic rings. The second-order valence-electron chi connectivity index (χ2n) is 4.14. The number of aromatic nitrogens is 2. The van der Waals surface area contributed by atoms with Gasteiger partial charge in [0.2, 0.25) is 0 Å². The molecule has 0 unspecified atom stereocenters. The summed E-state index contributed by atoms with van der Waals surface area (Å²) in [7, 11) is 0. The summed E-state index contributed by atoms with van der Waals surface area (Å²) in [5.74, 6) is 1.51. The van der Waals surface area contributed by atoms with Gasteiger partial charge in [-0.2, -0.15) is 0 Å². The van der Waals surface area contributed by atoms with Crippen LogP contribution in [0.5, 0.6) is 0 Å². The molecule has 1 fully saturated rings. The molecule has 78 valence electrons. The first-order chi connectivity index (χ1) is 6.83. The molecular formula is C11H19N3. The van der Waals surface area contributed by atoms with Crippen LogP contribution in [-0.4, -0.2) is 9.55 Å². The zero-order valence-electron chi connectivity index (χ0n) is 8.87. The Hall–Kier alpha value is -0.990. The predicted molar refractivity (Wildman–Crippen MR) is 58.1 cm³/mol. The van der Waals surface area contributed by atoms with E-state index >= 15 is 0 Å². The minimum absolute atomic E-state index is 0.622. The van der Waals surface area contributed by atoms with Crippen molar-refractivity contribution in [2.45, 2.75) is 51.5 Å². The Morgan fingerprint density at radius 3 is 2.71 bits per heavy atom. The van der Waals surface area contributed by atoms with Gasteiger partial charge >= 0.3 is 0 Å². The lowest BCUT2D eigenvalue weighted by atomic mass is 9.87. The van der Waals surface area contributed by atoms with E-state index in [9.17, 15) is 0 Å². The molecule has 1 saturated carbocycles. The topological polar surface area (TPSA) is 43.8 Å². The molecule has 1 aliphatic carbocycles. The lowest BCUT2D eigenvalue weighted by Crippen LogP contribution is -2.08. The number of anilines is 1. The molecule has 0 saturated heterocycles. The molecule has 14 heavy (non-hydrogen) atoms. The summed E-state index contributed by atoms with van der Waals surface area (Å²) in [5, 5.41) is 0. The van der Waals surface area contributed by atoms with Crippen LogP contribution < -0.4 is 5.73 Å². The van der Waals surface area contributed by atoms with Crippen LogP contribution in [0.15, 0.2) is 6.33 Å². The maximum atomic E-state index is 6.05. The minimum Gasteiger partial charge on any atom is -0.384 e. The third kappa shape index (κ3) is 1.63. The van der Waals surface area contributed by atoms with Crippen LogP contribution in [0.4, 0.5) is 5.82 Å². The third-order valence-corrected chi connectivity index (χ3v) is 3.24. The van der Waals surface area contributed by atoms with Crippen LogP contribution in [-0.2, 0) is 6.54 Å². The average molecular weight is 193 g/mol. The van der Waals surface area contributed by atoms with Crippen molar-refractivity contribution >= 4 is 5.82 Å². The highest BCUT2D eigenvalue weighted by Crippen LogP contribution is 2.34. The van der Waals surface area contributed by atoms with Gasteiger partial charge in [0.1, 0.15) is 5.82 Å². The van der Waals surface area contributed by atoms with E-state index in [0.717, 1.165) is 18.1 Å². The van der Waals surface area contributed by atoms with E-state index in [2.05, 4.69) is 11.9 Å². The fourth-order valence-corrected chi connectivity index (χ4v) is 2.35. The lowest BCUT2D eigenvalue weighted by molar-refractivity contribution is 0.438. The smallest absolute Gasteiger partial charge is 0.126 e. The SMILES string of the molecule is CCn1cnc(C2CCCCC2)c1N. The van der Waals surface area contributed by atoms with Gasteiger partial charge in [-0.3, -0.25) is 0 Å². The van der Waals surface area contributed by atoms with E-state index in [1.165, 1.54) is 32.1 Å². The van der Waals surface area contributed by atoms with Crippen LogP contribution in [0.3, 0.4) is 0 Å². The van der Waals surface area contributed by atoms with Crippen molar-refractivity contribution in [2.75, 3.05) is 5.73 Å². The second-order valence-corrected chi connectivity index (χ2v) is 4.14. The summed E-state index contributed by atoms with van der Waals surface area (Å²) in [6.07, 6.45) is 8.46. The van der Waals surface area contributed by atoms with Crippen molar-refractivity contribution in [1.29, 1.82) is 0 Å². The Labute approximate surface area is 85.3 Å². The Bertz CT molecular complexity index is 297. The monoisotopic (exact) mass is 193 g/mol. The fourth-order valence-electron chi connectivity index (χ4n) is 2.35. The van der Waals surface area contributed by atoms with Crippen LogP contribution in [0.25, 0.3) is 0 Å². The highest BCUT2D eigenvalue weighted by atomic mass is 15.1. The molecule has 0 spiro atoms. The molecular weight excluding hydrogens is 174 g/mol. The first kappa shape index (κ1) is 9.56. The molecule has 1 heterocycles. The Morgan fingerprint density at radius 1 is 1.43 bits per heavy atom. The van der Waals surface area contributed by atoms with E-state index in [0.29, 0.717) is 5.92 Å². The lowest BCUT2D eigenvalue weighted by Gasteiger charge is -2.20. The quantitative estimate of drug-likeness (QED) is 0.784. The van der Waals surface area contributed by atoms with Crippen LogP contribution in [0.2, 0.25) is 0 Å². The average Bonchev–Trinajstić information content (AvgIpc) is 2.61. The number of aryl methyl sites for hydroxylation is 1. The van der Waals surface area contributed by atoms with E-state index in [-0.39, 0.29) is 0 Å². The van der Waals surface area contributed by atoms with Gasteiger partial charge in [-0.05, 0) is 19.8 Å². The molecule has 1 aliphatic rings. The molecule has 0 aromatic carbocycles. The standard InChI is InChI=1S/C11H19N3/c1-2-14-8-13-10(11(14)12)9-6-4-3-5-7-9/h8-9H,2-7,12H2,1H3. The Balaban J connectivity index is 2.18. The molecule has 0 aliphatic heterocycles. The van der Waals surface area contributed by atoms with Crippen LogP contribution in [0, 0.1) is 0 Å². The summed E-state index contributed by atoms with van der Waals surface area (Å²) >= 11 is 0. The van der Waals surface area contributed by atoms with E-state index in [4.69, 9.17) is 5.73 Å². The van der Waals surface area contributed by atoms with Crippen molar-refractivity contribution in [1.82, 2.24) is 9.55 Å². The van der Waals surface area contributed by atoms with Gasteiger partial charge in [0.05, 0.1) is 12.0 Å². The number of hydrogen-bond acceptors (Lipinski definition) is 2. The maximum absolute atomic E-state index is 6.05. The first-order valence-corrected chi connectivity index (χ1v) is 5.63. The van der Waals surface area contributed by atoms with Crippen LogP contribution in [0.1, 0.15) is 50.6 Å². The zero-order chi connectivity index (χ0) is 9.97. The van der Waals surface area contributed by atoms with Gasteiger partial charge in [-0.1, -0.05) is 19.3 Å². The first-order valence-electron chi connectivity index (χ1n) is 5.63. The van der Waals surface area contributed by atoms with E-state index in [1.54, 1.807) is 0 Å².